The fourth-order valence-electron chi connectivity index (χ4n) is 1.96. The second-order valence-electron chi connectivity index (χ2n) is 3.95. The summed E-state index contributed by atoms with van der Waals surface area (Å²) in [6.45, 7) is 0.330. The summed E-state index contributed by atoms with van der Waals surface area (Å²) in [6, 6.07) is 0. The Hall–Kier alpha value is -1.77. The minimum atomic E-state index is -0.611. The number of fused-ring (bicyclic) bond motifs is 1. The van der Waals surface area contributed by atoms with Gasteiger partial charge in [0.15, 0.2) is 17.8 Å². The van der Waals surface area contributed by atoms with Crippen molar-refractivity contribution in [3.05, 3.63) is 12.7 Å². The molecule has 0 aromatic carbocycles. The fourth-order valence-corrected chi connectivity index (χ4v) is 1.96. The van der Waals surface area contributed by atoms with Crippen LogP contribution >= 0.6 is 0 Å². The number of aliphatic hydroxyl groups is 1. The number of aliphatic hydroxyl groups excluding tert-OH is 1. The average Bonchev–Trinajstić information content (AvgIpc) is 2.84. The van der Waals surface area contributed by atoms with E-state index in [0.29, 0.717) is 30.0 Å². The zero-order valence-corrected chi connectivity index (χ0v) is 9.56. The van der Waals surface area contributed by atoms with E-state index in [1.54, 1.807) is 10.9 Å². The zero-order chi connectivity index (χ0) is 12.5. The molecule has 0 spiro atoms. The summed E-state index contributed by atoms with van der Waals surface area (Å²) in [5.74, 6) is 0.338. The van der Waals surface area contributed by atoms with E-state index in [0.717, 1.165) is 0 Å². The van der Waals surface area contributed by atoms with Gasteiger partial charge in [-0.25, -0.2) is 15.0 Å². The molecule has 0 radical (unpaired) electrons. The standard InChI is InChI=1S/C10H13N5O3/c11-9-8-10(13-4-12-9)15(5-14-8)6-1-2-17-7(3-16)18-6/h4-7,16H,1-3H2,(H2,11,12,13)/t6-,7-/m1/s1. The Kier molecular flexibility index (Phi) is 2.82. The molecule has 18 heavy (non-hydrogen) atoms. The van der Waals surface area contributed by atoms with Crippen molar-refractivity contribution < 1.29 is 14.6 Å². The van der Waals surface area contributed by atoms with Gasteiger partial charge in [-0.15, -0.1) is 0 Å². The molecule has 8 nitrogen and oxygen atoms in total. The van der Waals surface area contributed by atoms with Gasteiger partial charge in [-0.1, -0.05) is 0 Å². The van der Waals surface area contributed by atoms with Crippen molar-refractivity contribution in [3.8, 4) is 0 Å². The molecule has 2 aromatic heterocycles. The molecule has 8 heteroatoms. The molecule has 2 atom stereocenters. The van der Waals surface area contributed by atoms with Gasteiger partial charge in [0.2, 0.25) is 0 Å². The molecule has 0 aliphatic carbocycles. The Balaban J connectivity index is 1.96. The second-order valence-corrected chi connectivity index (χ2v) is 3.95. The Morgan fingerprint density at radius 3 is 3.17 bits per heavy atom. The summed E-state index contributed by atoms with van der Waals surface area (Å²) in [6.07, 6.45) is 2.78. The van der Waals surface area contributed by atoms with Gasteiger partial charge < -0.3 is 20.3 Å². The molecule has 1 fully saturated rings. The predicted octanol–water partition coefficient (Wildman–Crippen LogP) is -0.338. The number of imidazole rings is 1. The van der Waals surface area contributed by atoms with Crippen LogP contribution in [0.2, 0.25) is 0 Å². The minimum Gasteiger partial charge on any atom is -0.391 e. The summed E-state index contributed by atoms with van der Waals surface area (Å²) in [5, 5.41) is 9.04. The van der Waals surface area contributed by atoms with E-state index < -0.39 is 6.29 Å². The number of ether oxygens (including phenoxy) is 2. The molecular weight excluding hydrogens is 238 g/mol. The Labute approximate surface area is 102 Å². The zero-order valence-electron chi connectivity index (χ0n) is 9.56. The van der Waals surface area contributed by atoms with Crippen molar-refractivity contribution >= 4 is 17.0 Å². The van der Waals surface area contributed by atoms with Crippen molar-refractivity contribution in [2.75, 3.05) is 18.9 Å². The Morgan fingerprint density at radius 1 is 1.44 bits per heavy atom. The Morgan fingerprint density at radius 2 is 2.33 bits per heavy atom. The van der Waals surface area contributed by atoms with Gasteiger partial charge in [0.25, 0.3) is 0 Å². The lowest BCUT2D eigenvalue weighted by molar-refractivity contribution is -0.245. The lowest BCUT2D eigenvalue weighted by Gasteiger charge is -2.29. The van der Waals surface area contributed by atoms with Crippen LogP contribution in [0, 0.1) is 0 Å². The summed E-state index contributed by atoms with van der Waals surface area (Å²) in [4.78, 5) is 12.2. The van der Waals surface area contributed by atoms with E-state index >= 15 is 0 Å². The van der Waals surface area contributed by atoms with E-state index in [1.165, 1.54) is 6.33 Å². The molecule has 3 N–H and O–H groups in total. The highest BCUT2D eigenvalue weighted by atomic mass is 16.7. The number of anilines is 1. The molecule has 2 aromatic rings. The highest BCUT2D eigenvalue weighted by molar-refractivity contribution is 5.81. The number of aromatic nitrogens is 4. The third kappa shape index (κ3) is 1.80. The molecule has 0 bridgehead atoms. The molecular formula is C10H13N5O3. The van der Waals surface area contributed by atoms with Gasteiger partial charge in [0.05, 0.1) is 19.5 Å². The van der Waals surface area contributed by atoms with Crippen LogP contribution in [0.25, 0.3) is 11.2 Å². The summed E-state index contributed by atoms with van der Waals surface area (Å²) < 4.78 is 12.6. The second kappa shape index (κ2) is 4.48. The quantitative estimate of drug-likeness (QED) is 0.751. The first kappa shape index (κ1) is 11.3. The van der Waals surface area contributed by atoms with Crippen molar-refractivity contribution in [2.24, 2.45) is 0 Å². The number of nitrogens with zero attached hydrogens (tertiary/aromatic N) is 4. The van der Waals surface area contributed by atoms with Crippen molar-refractivity contribution in [3.63, 3.8) is 0 Å². The van der Waals surface area contributed by atoms with Crippen LogP contribution in [0.5, 0.6) is 0 Å². The SMILES string of the molecule is Nc1ncnc2c1ncn2[C@H]1CCO[C@@H](CO)O1. The maximum absolute atomic E-state index is 9.04. The average molecular weight is 251 g/mol. The van der Waals surface area contributed by atoms with E-state index in [4.69, 9.17) is 20.3 Å². The van der Waals surface area contributed by atoms with Crippen molar-refractivity contribution in [1.29, 1.82) is 0 Å². The molecule has 0 unspecified atom stereocenters. The fraction of sp³-hybridized carbons (Fsp3) is 0.500. The number of hydrogen-bond acceptors (Lipinski definition) is 7. The number of nitrogens with two attached hydrogens (primary N) is 1. The van der Waals surface area contributed by atoms with E-state index in [2.05, 4.69) is 15.0 Å². The molecule has 3 heterocycles. The van der Waals surface area contributed by atoms with Crippen LogP contribution in [0.3, 0.4) is 0 Å². The van der Waals surface area contributed by atoms with Crippen LogP contribution in [0.4, 0.5) is 5.82 Å². The third-order valence-corrected chi connectivity index (χ3v) is 2.82. The molecule has 1 aliphatic heterocycles. The molecule has 3 rings (SSSR count). The van der Waals surface area contributed by atoms with Crippen LogP contribution in [0.15, 0.2) is 12.7 Å². The summed E-state index contributed by atoms with van der Waals surface area (Å²) in [7, 11) is 0. The van der Waals surface area contributed by atoms with Gasteiger partial charge in [-0.05, 0) is 0 Å². The molecule has 0 amide bonds. The monoisotopic (exact) mass is 251 g/mol. The van der Waals surface area contributed by atoms with Crippen LogP contribution in [-0.4, -0.2) is 44.1 Å². The number of rotatable bonds is 2. The first-order chi connectivity index (χ1) is 8.79. The van der Waals surface area contributed by atoms with E-state index in [9.17, 15) is 0 Å². The Bertz CT molecular complexity index is 557. The van der Waals surface area contributed by atoms with Crippen LogP contribution in [0.1, 0.15) is 12.6 Å². The van der Waals surface area contributed by atoms with Gasteiger partial charge >= 0.3 is 0 Å². The van der Waals surface area contributed by atoms with Crippen molar-refractivity contribution in [1.82, 2.24) is 19.5 Å². The molecule has 96 valence electrons. The van der Waals surface area contributed by atoms with Gasteiger partial charge in [0, 0.05) is 6.42 Å². The van der Waals surface area contributed by atoms with E-state index in [1.807, 2.05) is 0 Å². The lowest BCUT2D eigenvalue weighted by atomic mass is 10.3. The minimum absolute atomic E-state index is 0.180. The highest BCUT2D eigenvalue weighted by Gasteiger charge is 2.25. The predicted molar refractivity (Wildman–Crippen MR) is 61.3 cm³/mol. The van der Waals surface area contributed by atoms with Crippen LogP contribution < -0.4 is 5.73 Å². The first-order valence-electron chi connectivity index (χ1n) is 5.60. The molecule has 1 aliphatic rings. The third-order valence-electron chi connectivity index (χ3n) is 2.82. The van der Waals surface area contributed by atoms with E-state index in [-0.39, 0.29) is 12.8 Å². The van der Waals surface area contributed by atoms with Gasteiger partial charge in [-0.2, -0.15) is 0 Å². The summed E-state index contributed by atoms with van der Waals surface area (Å²) in [5.41, 5.74) is 6.89. The largest absolute Gasteiger partial charge is 0.391 e. The lowest BCUT2D eigenvalue weighted by Crippen LogP contribution is -2.32. The molecule has 0 saturated carbocycles. The van der Waals surface area contributed by atoms with Gasteiger partial charge in [-0.3, -0.25) is 4.57 Å². The highest BCUT2D eigenvalue weighted by Crippen LogP contribution is 2.25. The smallest absolute Gasteiger partial charge is 0.183 e. The number of hydrogen-bond donors (Lipinski definition) is 2. The van der Waals surface area contributed by atoms with Crippen molar-refractivity contribution in [2.45, 2.75) is 18.9 Å². The summed E-state index contributed by atoms with van der Waals surface area (Å²) >= 11 is 0. The number of nitrogen functional groups attached to an aromatic ring is 1. The maximum atomic E-state index is 9.04. The first-order valence-corrected chi connectivity index (χ1v) is 5.60. The molecule has 1 saturated heterocycles. The maximum Gasteiger partial charge on any atom is 0.183 e. The van der Waals surface area contributed by atoms with Crippen LogP contribution in [-0.2, 0) is 9.47 Å². The normalized spacial score (nSPS) is 24.5. The van der Waals surface area contributed by atoms with Gasteiger partial charge in [0.1, 0.15) is 18.1 Å². The topological polar surface area (TPSA) is 108 Å².